The molecule has 0 aromatic rings. The molecule has 0 spiro atoms. The van der Waals surface area contributed by atoms with Crippen molar-refractivity contribution in [2.75, 3.05) is 27.6 Å². The highest BCUT2D eigenvalue weighted by Gasteiger charge is 2.24. The van der Waals surface area contributed by atoms with Crippen LogP contribution in [0.25, 0.3) is 0 Å². The zero-order valence-corrected chi connectivity index (χ0v) is 14.0. The van der Waals surface area contributed by atoms with Crippen molar-refractivity contribution >= 4 is 11.9 Å². The summed E-state index contributed by atoms with van der Waals surface area (Å²) < 4.78 is 27.3. The van der Waals surface area contributed by atoms with Crippen molar-refractivity contribution in [1.82, 2.24) is 0 Å². The molecule has 0 aliphatic heterocycles. The Morgan fingerprint density at radius 3 is 2.38 bits per heavy atom. The summed E-state index contributed by atoms with van der Waals surface area (Å²) in [4.78, 5) is 22.8. The Morgan fingerprint density at radius 1 is 1.24 bits per heavy atom. The number of carbonyl (C=O) groups is 2. The molecule has 0 saturated heterocycles. The molecule has 0 aromatic heterocycles. The lowest BCUT2D eigenvalue weighted by atomic mass is 10.1. The Labute approximate surface area is 138 Å². The maximum Gasteiger partial charge on any atom is 0.307 e. The van der Waals surface area contributed by atoms with Gasteiger partial charge in [-0.25, -0.2) is 0 Å². The van der Waals surface area contributed by atoms with Crippen molar-refractivity contribution in [3.05, 3.63) is 0 Å². The van der Waals surface area contributed by atoms with Crippen LogP contribution in [0.2, 0.25) is 0 Å². The van der Waals surface area contributed by atoms with Crippen LogP contribution >= 0.6 is 0 Å². The van der Waals surface area contributed by atoms with Gasteiger partial charge in [0.25, 0.3) is 0 Å². The van der Waals surface area contributed by atoms with Crippen molar-refractivity contribution in [2.45, 2.75) is 58.0 Å². The van der Waals surface area contributed by atoms with E-state index in [2.05, 4.69) is 6.92 Å². The van der Waals surface area contributed by atoms with Gasteiger partial charge in [0.2, 0.25) is 0 Å². The summed E-state index contributed by atoms with van der Waals surface area (Å²) in [5.41, 5.74) is 0. The molecule has 21 heavy (non-hydrogen) atoms. The second-order valence-electron chi connectivity index (χ2n) is 5.74. The Hall–Kier alpha value is -0.810. The number of esters is 1. The summed E-state index contributed by atoms with van der Waals surface area (Å²) in [5.74, 6) is -1.57. The quantitative estimate of drug-likeness (QED) is 0.314. The maximum atomic E-state index is 11.8. The monoisotopic (exact) mass is 326 g/mol. The first-order valence-corrected chi connectivity index (χ1v) is 7.24. The van der Waals surface area contributed by atoms with Crippen LogP contribution in [-0.2, 0) is 14.3 Å². The van der Waals surface area contributed by atoms with Crippen LogP contribution in [0.3, 0.4) is 0 Å². The normalized spacial score (nSPS) is 15.1. The van der Waals surface area contributed by atoms with E-state index in [0.717, 1.165) is 25.7 Å². The summed E-state index contributed by atoms with van der Waals surface area (Å²) in [6.45, 7) is -0.261. The molecule has 5 nitrogen and oxygen atoms in total. The number of hydrogen-bond acceptors (Lipinski definition) is 3. The molecule has 0 aliphatic carbocycles. The van der Waals surface area contributed by atoms with Gasteiger partial charge in [0.1, 0.15) is 6.54 Å². The lowest BCUT2D eigenvalue weighted by molar-refractivity contribution is -0.873. The summed E-state index contributed by atoms with van der Waals surface area (Å²) in [6.07, 6.45) is 3.85. The van der Waals surface area contributed by atoms with Crippen molar-refractivity contribution in [2.24, 2.45) is 0 Å². The number of ether oxygens (including phenoxy) is 1. The standard InChI is InChI=1S/C15H29NO4.ClH/c1-5-6-7-8-9-10-15(19)20-13(11-14(17)18)12-16(2,3)4;/h13H,5-12H2,1-4H3;1H/t13-;/m1./s1/i2D3;. The van der Waals surface area contributed by atoms with Crippen LogP contribution in [0.1, 0.15) is 56.0 Å². The van der Waals surface area contributed by atoms with Gasteiger partial charge in [0.05, 0.1) is 31.6 Å². The summed E-state index contributed by atoms with van der Waals surface area (Å²) in [6, 6.07) is 0. The SMILES string of the molecule is [2H]C([2H])([2H])[N+](C)(C)C[C@@H](CC(=O)O)OC(=O)CCCCCCC.[Cl-]. The third-order valence-electron chi connectivity index (χ3n) is 2.84. The number of nitrogens with zero attached hydrogens (tertiary/aromatic N) is 1. The van der Waals surface area contributed by atoms with E-state index in [9.17, 15) is 9.59 Å². The molecule has 6 heteroatoms. The highest BCUT2D eigenvalue weighted by Crippen LogP contribution is 2.10. The number of aliphatic carboxylic acids is 1. The van der Waals surface area contributed by atoms with Gasteiger partial charge in [-0.2, -0.15) is 0 Å². The molecule has 0 radical (unpaired) electrons. The zero-order valence-electron chi connectivity index (χ0n) is 16.2. The minimum Gasteiger partial charge on any atom is -1.00 e. The van der Waals surface area contributed by atoms with E-state index in [0.29, 0.717) is 6.42 Å². The van der Waals surface area contributed by atoms with Crippen molar-refractivity contribution in [3.63, 3.8) is 0 Å². The lowest BCUT2D eigenvalue weighted by Gasteiger charge is -2.28. The first-order valence-electron chi connectivity index (χ1n) is 8.74. The smallest absolute Gasteiger partial charge is 0.307 e. The average Bonchev–Trinajstić information content (AvgIpc) is 2.35. The van der Waals surface area contributed by atoms with E-state index in [4.69, 9.17) is 14.0 Å². The number of rotatable bonds is 11. The fourth-order valence-corrected chi connectivity index (χ4v) is 1.97. The number of halogens is 1. The zero-order chi connectivity index (χ0) is 18.1. The van der Waals surface area contributed by atoms with Crippen molar-refractivity contribution in [1.29, 1.82) is 0 Å². The van der Waals surface area contributed by atoms with Gasteiger partial charge in [-0.05, 0) is 6.42 Å². The van der Waals surface area contributed by atoms with Crippen LogP contribution in [-0.4, -0.2) is 55.2 Å². The molecule has 0 saturated carbocycles. The minimum atomic E-state index is -2.30. The molecule has 1 atom stereocenters. The molecule has 0 fully saturated rings. The molecular formula is C15H30ClNO4. The predicted molar refractivity (Wildman–Crippen MR) is 78.4 cm³/mol. The Kier molecular flexibility index (Phi) is 9.31. The van der Waals surface area contributed by atoms with Crippen molar-refractivity contribution < 1.29 is 40.4 Å². The summed E-state index contributed by atoms with van der Waals surface area (Å²) in [7, 11) is 2.95. The molecule has 0 heterocycles. The van der Waals surface area contributed by atoms with E-state index < -0.39 is 29.5 Å². The van der Waals surface area contributed by atoms with Crippen LogP contribution in [0, 0.1) is 0 Å². The highest BCUT2D eigenvalue weighted by molar-refractivity contribution is 5.71. The van der Waals surface area contributed by atoms with E-state index in [-0.39, 0.29) is 31.8 Å². The largest absolute Gasteiger partial charge is 1.00 e. The van der Waals surface area contributed by atoms with Gasteiger partial charge in [0, 0.05) is 6.42 Å². The predicted octanol–water partition coefficient (Wildman–Crippen LogP) is -0.556. The topological polar surface area (TPSA) is 63.6 Å². The second kappa shape index (κ2) is 11.8. The molecule has 0 aromatic carbocycles. The number of carboxylic acids is 1. The number of hydrogen-bond donors (Lipinski definition) is 1. The van der Waals surface area contributed by atoms with Gasteiger partial charge >= 0.3 is 11.9 Å². The molecule has 0 bridgehead atoms. The van der Waals surface area contributed by atoms with E-state index in [1.807, 2.05) is 0 Å². The number of likely N-dealkylation sites (N-methyl/N-ethyl adjacent to an activating group) is 1. The number of quaternary nitrogens is 1. The third kappa shape index (κ3) is 15.4. The van der Waals surface area contributed by atoms with E-state index >= 15 is 0 Å². The number of unbranched alkanes of at least 4 members (excludes halogenated alkanes) is 4. The van der Waals surface area contributed by atoms with Crippen molar-refractivity contribution in [3.8, 4) is 0 Å². The van der Waals surface area contributed by atoms with Gasteiger partial charge in [-0.15, -0.1) is 0 Å². The molecule has 1 N–H and O–H groups in total. The Balaban J connectivity index is 0. The molecule has 0 amide bonds. The van der Waals surface area contributed by atoms with Gasteiger partial charge in [-0.3, -0.25) is 9.59 Å². The first-order chi connectivity index (χ1) is 10.5. The highest BCUT2D eigenvalue weighted by atomic mass is 35.5. The lowest BCUT2D eigenvalue weighted by Crippen LogP contribution is -3.00. The summed E-state index contributed by atoms with van der Waals surface area (Å²) in [5, 5.41) is 8.93. The maximum absolute atomic E-state index is 11.8. The molecule has 0 aliphatic rings. The van der Waals surface area contributed by atoms with Gasteiger partial charge < -0.3 is 26.7 Å². The summed E-state index contributed by atoms with van der Waals surface area (Å²) >= 11 is 0. The number of carboxylic acid groups (broad SMARTS) is 1. The third-order valence-corrected chi connectivity index (χ3v) is 2.84. The second-order valence-corrected chi connectivity index (χ2v) is 5.74. The Morgan fingerprint density at radius 2 is 1.86 bits per heavy atom. The number of carbonyl (C=O) groups excluding carboxylic acids is 1. The van der Waals surface area contributed by atoms with Crippen LogP contribution < -0.4 is 12.4 Å². The molecule has 0 unspecified atom stereocenters. The first kappa shape index (κ1) is 16.6. The van der Waals surface area contributed by atoms with Gasteiger partial charge in [-0.1, -0.05) is 32.6 Å². The molecule has 0 rings (SSSR count). The molecule has 126 valence electrons. The van der Waals surface area contributed by atoms with Crippen LogP contribution in [0.4, 0.5) is 0 Å². The van der Waals surface area contributed by atoms with E-state index in [1.54, 1.807) is 0 Å². The van der Waals surface area contributed by atoms with E-state index in [1.165, 1.54) is 14.1 Å². The molecular weight excluding hydrogens is 294 g/mol. The van der Waals surface area contributed by atoms with Gasteiger partial charge in [0.15, 0.2) is 6.10 Å². The average molecular weight is 327 g/mol. The fraction of sp³-hybridized carbons (Fsp3) is 0.867. The fourth-order valence-electron chi connectivity index (χ4n) is 1.97. The minimum absolute atomic E-state index is 0. The van der Waals surface area contributed by atoms with Crippen LogP contribution in [0.15, 0.2) is 0 Å². The van der Waals surface area contributed by atoms with Crippen LogP contribution in [0.5, 0.6) is 0 Å². The Bertz CT molecular complexity index is 389.